The lowest BCUT2D eigenvalue weighted by Crippen LogP contribution is -1.97. The highest BCUT2D eigenvalue weighted by molar-refractivity contribution is 5.62. The maximum absolute atomic E-state index is 10.8. The van der Waals surface area contributed by atoms with E-state index in [-0.39, 0.29) is 5.69 Å². The smallest absolute Gasteiger partial charge is 0.274 e. The Labute approximate surface area is 104 Å². The zero-order chi connectivity index (χ0) is 13.1. The van der Waals surface area contributed by atoms with Gasteiger partial charge in [0.15, 0.2) is 0 Å². The molecule has 0 saturated carbocycles. The largest absolute Gasteiger partial charge is 0.397 e. The molecule has 0 radical (unpaired) electrons. The number of hydrogen-bond donors (Lipinski definition) is 2. The van der Waals surface area contributed by atoms with Crippen LogP contribution in [0.2, 0.25) is 0 Å². The highest BCUT2D eigenvalue weighted by atomic mass is 16.6. The summed E-state index contributed by atoms with van der Waals surface area (Å²) in [5, 5.41) is 13.8. The van der Waals surface area contributed by atoms with Crippen molar-refractivity contribution in [1.82, 2.24) is 4.98 Å². The maximum Gasteiger partial charge on any atom is 0.274 e. The molecule has 1 heterocycles. The molecular formula is C12H12N4O2. The van der Waals surface area contributed by atoms with Crippen LogP contribution >= 0.6 is 0 Å². The molecule has 0 spiro atoms. The molecule has 0 fully saturated rings. The highest BCUT2D eigenvalue weighted by Crippen LogP contribution is 2.24. The minimum absolute atomic E-state index is 0.0791. The Hall–Kier alpha value is -2.63. The van der Waals surface area contributed by atoms with Crippen LogP contribution in [0.4, 0.5) is 22.9 Å². The Morgan fingerprint density at radius 2 is 2.11 bits per heavy atom. The van der Waals surface area contributed by atoms with Gasteiger partial charge in [-0.15, -0.1) is 0 Å². The predicted octanol–water partition coefficient (Wildman–Crippen LogP) is 2.62. The van der Waals surface area contributed by atoms with Crippen molar-refractivity contribution in [1.29, 1.82) is 0 Å². The highest BCUT2D eigenvalue weighted by Gasteiger charge is 2.10. The Morgan fingerprint density at radius 1 is 1.33 bits per heavy atom. The summed E-state index contributed by atoms with van der Waals surface area (Å²) < 4.78 is 0. The Kier molecular flexibility index (Phi) is 3.09. The number of nitrogens with one attached hydrogen (secondary N) is 1. The van der Waals surface area contributed by atoms with Crippen LogP contribution in [0.1, 0.15) is 5.56 Å². The maximum atomic E-state index is 10.8. The van der Waals surface area contributed by atoms with Gasteiger partial charge in [-0.1, -0.05) is 6.07 Å². The molecule has 1 aromatic heterocycles. The number of nitrogens with zero attached hydrogens (tertiary/aromatic N) is 2. The van der Waals surface area contributed by atoms with Gasteiger partial charge in [-0.2, -0.15) is 0 Å². The third-order valence-corrected chi connectivity index (χ3v) is 2.46. The average molecular weight is 244 g/mol. The summed E-state index contributed by atoms with van der Waals surface area (Å²) in [4.78, 5) is 14.5. The van der Waals surface area contributed by atoms with Crippen LogP contribution < -0.4 is 11.1 Å². The molecule has 0 aliphatic rings. The van der Waals surface area contributed by atoms with Crippen molar-refractivity contribution in [3.8, 4) is 0 Å². The van der Waals surface area contributed by atoms with E-state index < -0.39 is 4.92 Å². The van der Waals surface area contributed by atoms with E-state index in [2.05, 4.69) is 10.3 Å². The van der Waals surface area contributed by atoms with E-state index in [9.17, 15) is 10.1 Å². The van der Waals surface area contributed by atoms with Gasteiger partial charge < -0.3 is 11.1 Å². The van der Waals surface area contributed by atoms with Crippen molar-refractivity contribution < 1.29 is 4.92 Å². The van der Waals surface area contributed by atoms with Crippen molar-refractivity contribution in [3.63, 3.8) is 0 Å². The number of benzene rings is 1. The van der Waals surface area contributed by atoms with Crippen molar-refractivity contribution in [3.05, 3.63) is 52.2 Å². The molecule has 3 N–H and O–H groups in total. The van der Waals surface area contributed by atoms with Crippen LogP contribution in [0.25, 0.3) is 0 Å². The Morgan fingerprint density at radius 3 is 2.72 bits per heavy atom. The van der Waals surface area contributed by atoms with E-state index in [4.69, 9.17) is 5.73 Å². The van der Waals surface area contributed by atoms with E-state index in [1.807, 2.05) is 0 Å². The molecule has 6 nitrogen and oxygen atoms in total. The van der Waals surface area contributed by atoms with Crippen LogP contribution in [0.3, 0.4) is 0 Å². The predicted molar refractivity (Wildman–Crippen MR) is 69.8 cm³/mol. The summed E-state index contributed by atoms with van der Waals surface area (Å²) in [6.45, 7) is 1.70. The summed E-state index contributed by atoms with van der Waals surface area (Å²) in [6.07, 6.45) is 1.52. The Bertz CT molecular complexity index is 581. The minimum atomic E-state index is -0.406. The summed E-state index contributed by atoms with van der Waals surface area (Å²) in [7, 11) is 0. The van der Waals surface area contributed by atoms with Crippen molar-refractivity contribution >= 4 is 22.9 Å². The second-order valence-corrected chi connectivity index (χ2v) is 3.86. The molecular weight excluding hydrogens is 232 g/mol. The summed E-state index contributed by atoms with van der Waals surface area (Å²) in [6, 6.07) is 8.35. The van der Waals surface area contributed by atoms with E-state index in [0.717, 1.165) is 0 Å². The second-order valence-electron chi connectivity index (χ2n) is 3.86. The van der Waals surface area contributed by atoms with Gasteiger partial charge in [0.1, 0.15) is 5.82 Å². The molecule has 2 aromatic rings. The first-order valence-electron chi connectivity index (χ1n) is 5.30. The third kappa shape index (κ3) is 2.54. The van der Waals surface area contributed by atoms with Crippen LogP contribution in [-0.4, -0.2) is 9.91 Å². The van der Waals surface area contributed by atoms with Crippen LogP contribution in [-0.2, 0) is 0 Å². The number of nitro benzene ring substituents is 1. The molecule has 0 amide bonds. The number of nitrogens with two attached hydrogens (primary N) is 1. The molecule has 1 aromatic carbocycles. The number of aryl methyl sites for hydroxylation is 1. The Balaban J connectivity index is 2.27. The van der Waals surface area contributed by atoms with Gasteiger partial charge >= 0.3 is 0 Å². The number of rotatable bonds is 3. The van der Waals surface area contributed by atoms with Crippen molar-refractivity contribution in [2.75, 3.05) is 11.1 Å². The second kappa shape index (κ2) is 4.70. The first-order valence-corrected chi connectivity index (χ1v) is 5.30. The van der Waals surface area contributed by atoms with Gasteiger partial charge in [0.25, 0.3) is 5.69 Å². The number of anilines is 3. The van der Waals surface area contributed by atoms with Crippen LogP contribution in [0, 0.1) is 17.0 Å². The number of hydrogen-bond acceptors (Lipinski definition) is 5. The molecule has 0 aliphatic heterocycles. The molecule has 0 bridgehead atoms. The molecule has 0 atom stereocenters. The van der Waals surface area contributed by atoms with Gasteiger partial charge in [0, 0.05) is 17.3 Å². The SMILES string of the molecule is Cc1ccc(Nc2ccc(N)cn2)cc1[N+](=O)[O-]. The third-order valence-electron chi connectivity index (χ3n) is 2.46. The monoisotopic (exact) mass is 244 g/mol. The van der Waals surface area contributed by atoms with E-state index in [1.165, 1.54) is 12.3 Å². The topological polar surface area (TPSA) is 94.1 Å². The first-order chi connectivity index (χ1) is 8.56. The molecule has 0 aliphatic carbocycles. The lowest BCUT2D eigenvalue weighted by Gasteiger charge is -2.06. The van der Waals surface area contributed by atoms with Gasteiger partial charge in [-0.25, -0.2) is 4.98 Å². The van der Waals surface area contributed by atoms with Gasteiger partial charge in [0.05, 0.1) is 16.8 Å². The van der Waals surface area contributed by atoms with Crippen molar-refractivity contribution in [2.24, 2.45) is 0 Å². The summed E-state index contributed by atoms with van der Waals surface area (Å²) in [5.74, 6) is 0.586. The fourth-order valence-electron chi connectivity index (χ4n) is 1.51. The van der Waals surface area contributed by atoms with Gasteiger partial charge in [-0.3, -0.25) is 10.1 Å². The fourth-order valence-corrected chi connectivity index (χ4v) is 1.51. The number of nitrogen functional groups attached to an aromatic ring is 1. The normalized spacial score (nSPS) is 10.1. The summed E-state index contributed by atoms with van der Waals surface area (Å²) in [5.41, 5.74) is 7.40. The van der Waals surface area contributed by atoms with Crippen molar-refractivity contribution in [2.45, 2.75) is 6.92 Å². The van der Waals surface area contributed by atoms with E-state index in [0.29, 0.717) is 22.8 Å². The molecule has 92 valence electrons. The lowest BCUT2D eigenvalue weighted by atomic mass is 10.2. The number of pyridine rings is 1. The molecule has 2 rings (SSSR count). The van der Waals surface area contributed by atoms with Crippen LogP contribution in [0.15, 0.2) is 36.5 Å². The first kappa shape index (κ1) is 11.8. The molecule has 0 unspecified atom stereocenters. The quantitative estimate of drug-likeness (QED) is 0.639. The number of aromatic nitrogens is 1. The van der Waals surface area contributed by atoms with Crippen LogP contribution in [0.5, 0.6) is 0 Å². The fraction of sp³-hybridized carbons (Fsp3) is 0.0833. The molecule has 0 saturated heterocycles. The number of nitro groups is 1. The molecule has 6 heteroatoms. The zero-order valence-corrected chi connectivity index (χ0v) is 9.75. The van der Waals surface area contributed by atoms with Gasteiger partial charge in [0.2, 0.25) is 0 Å². The summed E-state index contributed by atoms with van der Waals surface area (Å²) >= 11 is 0. The minimum Gasteiger partial charge on any atom is -0.397 e. The lowest BCUT2D eigenvalue weighted by molar-refractivity contribution is -0.385. The standard InChI is InChI=1S/C12H12N4O2/c1-8-2-4-10(6-11(8)16(17)18)15-12-5-3-9(13)7-14-12/h2-7H,13H2,1H3,(H,14,15). The zero-order valence-electron chi connectivity index (χ0n) is 9.75. The molecule has 18 heavy (non-hydrogen) atoms. The average Bonchev–Trinajstić information content (AvgIpc) is 2.34. The van der Waals surface area contributed by atoms with E-state index >= 15 is 0 Å². The van der Waals surface area contributed by atoms with E-state index in [1.54, 1.807) is 31.2 Å². The van der Waals surface area contributed by atoms with Gasteiger partial charge in [-0.05, 0) is 25.1 Å².